The summed E-state index contributed by atoms with van der Waals surface area (Å²) in [5.74, 6) is 0.730. The van der Waals surface area contributed by atoms with E-state index in [9.17, 15) is 0 Å². The molecule has 2 heteroatoms. The van der Waals surface area contributed by atoms with E-state index in [0.29, 0.717) is 0 Å². The van der Waals surface area contributed by atoms with Crippen molar-refractivity contribution in [3.8, 4) is 0 Å². The summed E-state index contributed by atoms with van der Waals surface area (Å²) in [5, 5.41) is 3.43. The van der Waals surface area contributed by atoms with E-state index >= 15 is 0 Å². The molecule has 0 aliphatic rings. The smallest absolute Gasteiger partial charge is 0.0591 e. The van der Waals surface area contributed by atoms with E-state index < -0.39 is 0 Å². The zero-order chi connectivity index (χ0) is 13.4. The molecule has 0 bridgehead atoms. The van der Waals surface area contributed by atoms with Crippen molar-refractivity contribution in [3.63, 3.8) is 0 Å². The van der Waals surface area contributed by atoms with Gasteiger partial charge in [0.15, 0.2) is 0 Å². The number of benzene rings is 1. The maximum absolute atomic E-state index is 5.57. The molecule has 1 rings (SSSR count). The number of rotatable bonds is 8. The molecule has 1 N–H and O–H groups in total. The van der Waals surface area contributed by atoms with Gasteiger partial charge >= 0.3 is 0 Å². The molecule has 0 spiro atoms. The maximum Gasteiger partial charge on any atom is 0.0591 e. The van der Waals surface area contributed by atoms with Crippen molar-refractivity contribution in [1.29, 1.82) is 0 Å². The molecule has 0 fully saturated rings. The molecule has 18 heavy (non-hydrogen) atoms. The summed E-state index contributed by atoms with van der Waals surface area (Å²) in [6.07, 6.45) is 1.15. The average Bonchev–Trinajstić information content (AvgIpc) is 2.32. The van der Waals surface area contributed by atoms with Crippen molar-refractivity contribution >= 4 is 0 Å². The second kappa shape index (κ2) is 8.28. The second-order valence-corrected chi connectivity index (χ2v) is 5.33. The first-order valence-corrected chi connectivity index (χ1v) is 6.94. The topological polar surface area (TPSA) is 21.3 Å². The molecule has 0 saturated heterocycles. The highest BCUT2D eigenvalue weighted by molar-refractivity contribution is 5.32. The molecule has 0 atom stereocenters. The van der Waals surface area contributed by atoms with Crippen LogP contribution in [0.1, 0.15) is 37.0 Å². The quantitative estimate of drug-likeness (QED) is 0.712. The van der Waals surface area contributed by atoms with Gasteiger partial charge in [-0.15, -0.1) is 0 Å². The molecule has 0 amide bonds. The highest BCUT2D eigenvalue weighted by Crippen LogP contribution is 2.11. The molecule has 102 valence electrons. The number of aryl methyl sites for hydroxylation is 1. The average molecular weight is 249 g/mol. The Labute approximate surface area is 112 Å². The molecule has 1 aromatic carbocycles. The first kappa shape index (κ1) is 15.2. The van der Waals surface area contributed by atoms with Crippen molar-refractivity contribution in [2.24, 2.45) is 5.92 Å². The van der Waals surface area contributed by atoms with Gasteiger partial charge in [-0.1, -0.05) is 32.0 Å². The van der Waals surface area contributed by atoms with Gasteiger partial charge in [0, 0.05) is 19.7 Å². The number of ether oxygens (including phenoxy) is 1. The van der Waals surface area contributed by atoms with Gasteiger partial charge in [0.1, 0.15) is 0 Å². The third-order valence-electron chi connectivity index (χ3n) is 3.29. The highest BCUT2D eigenvalue weighted by atomic mass is 16.5. The fourth-order valence-corrected chi connectivity index (χ4v) is 1.79. The standard InChI is InChI=1S/C16H27NO/c1-13(2)8-10-18-11-9-17-12-16-7-5-6-14(3)15(16)4/h5-7,13,17H,8-12H2,1-4H3. The highest BCUT2D eigenvalue weighted by Gasteiger charge is 1.99. The third-order valence-corrected chi connectivity index (χ3v) is 3.29. The van der Waals surface area contributed by atoms with E-state index in [1.165, 1.54) is 16.7 Å². The zero-order valence-corrected chi connectivity index (χ0v) is 12.3. The molecular formula is C16H27NO. The van der Waals surface area contributed by atoms with Crippen LogP contribution in [-0.2, 0) is 11.3 Å². The Morgan fingerprint density at radius 3 is 2.67 bits per heavy atom. The van der Waals surface area contributed by atoms with Crippen LogP contribution in [0.5, 0.6) is 0 Å². The van der Waals surface area contributed by atoms with E-state index in [-0.39, 0.29) is 0 Å². The van der Waals surface area contributed by atoms with Gasteiger partial charge in [0.2, 0.25) is 0 Å². The van der Waals surface area contributed by atoms with Crippen LogP contribution in [0.2, 0.25) is 0 Å². The Morgan fingerprint density at radius 1 is 1.17 bits per heavy atom. The SMILES string of the molecule is Cc1cccc(CNCCOCCC(C)C)c1C. The molecule has 0 aromatic heterocycles. The summed E-state index contributed by atoms with van der Waals surface area (Å²) in [6.45, 7) is 12.3. The van der Waals surface area contributed by atoms with Crippen molar-refractivity contribution in [3.05, 3.63) is 34.9 Å². The van der Waals surface area contributed by atoms with Gasteiger partial charge < -0.3 is 10.1 Å². The van der Waals surface area contributed by atoms with Crippen molar-refractivity contribution in [1.82, 2.24) is 5.32 Å². The van der Waals surface area contributed by atoms with Crippen LogP contribution >= 0.6 is 0 Å². The van der Waals surface area contributed by atoms with Gasteiger partial charge in [-0.25, -0.2) is 0 Å². The second-order valence-electron chi connectivity index (χ2n) is 5.33. The Bertz CT molecular complexity index is 347. The van der Waals surface area contributed by atoms with Crippen molar-refractivity contribution in [2.45, 2.75) is 40.7 Å². The van der Waals surface area contributed by atoms with E-state index in [4.69, 9.17) is 4.74 Å². The summed E-state index contributed by atoms with van der Waals surface area (Å²) in [5.41, 5.74) is 4.14. The first-order chi connectivity index (χ1) is 8.61. The van der Waals surface area contributed by atoms with Crippen LogP contribution in [0, 0.1) is 19.8 Å². The molecule has 0 aliphatic heterocycles. The largest absolute Gasteiger partial charge is 0.380 e. The third kappa shape index (κ3) is 5.65. The Kier molecular flexibility index (Phi) is 6.99. The van der Waals surface area contributed by atoms with Gasteiger partial charge in [0.05, 0.1) is 6.61 Å². The first-order valence-electron chi connectivity index (χ1n) is 6.94. The van der Waals surface area contributed by atoms with E-state index in [1.54, 1.807) is 0 Å². The molecule has 0 unspecified atom stereocenters. The number of nitrogens with one attached hydrogen (secondary N) is 1. The molecule has 2 nitrogen and oxygen atoms in total. The van der Waals surface area contributed by atoms with Crippen LogP contribution < -0.4 is 5.32 Å². The zero-order valence-electron chi connectivity index (χ0n) is 12.3. The maximum atomic E-state index is 5.57. The van der Waals surface area contributed by atoms with E-state index in [0.717, 1.165) is 38.6 Å². The molecule has 0 radical (unpaired) electrons. The minimum atomic E-state index is 0.730. The lowest BCUT2D eigenvalue weighted by Crippen LogP contribution is -2.20. The fourth-order valence-electron chi connectivity index (χ4n) is 1.79. The minimum Gasteiger partial charge on any atom is -0.380 e. The van der Waals surface area contributed by atoms with E-state index in [2.05, 4.69) is 51.2 Å². The number of hydrogen-bond donors (Lipinski definition) is 1. The predicted octanol–water partition coefficient (Wildman–Crippen LogP) is 3.46. The monoisotopic (exact) mass is 249 g/mol. The number of hydrogen-bond acceptors (Lipinski definition) is 2. The van der Waals surface area contributed by atoms with Gasteiger partial charge in [-0.05, 0) is 42.9 Å². The summed E-state index contributed by atoms with van der Waals surface area (Å²) in [7, 11) is 0. The lowest BCUT2D eigenvalue weighted by molar-refractivity contribution is 0.125. The summed E-state index contributed by atoms with van der Waals surface area (Å²) in [6, 6.07) is 6.47. The predicted molar refractivity (Wildman–Crippen MR) is 77.9 cm³/mol. The van der Waals surface area contributed by atoms with E-state index in [1.807, 2.05) is 0 Å². The Morgan fingerprint density at radius 2 is 1.94 bits per heavy atom. The molecule has 0 heterocycles. The van der Waals surface area contributed by atoms with Gasteiger partial charge in [0.25, 0.3) is 0 Å². The van der Waals surface area contributed by atoms with Gasteiger partial charge in [-0.2, -0.15) is 0 Å². The Hall–Kier alpha value is -0.860. The molecule has 1 aromatic rings. The fraction of sp³-hybridized carbons (Fsp3) is 0.625. The molecular weight excluding hydrogens is 222 g/mol. The molecule has 0 aliphatic carbocycles. The van der Waals surface area contributed by atoms with Crippen molar-refractivity contribution < 1.29 is 4.74 Å². The van der Waals surface area contributed by atoms with Crippen molar-refractivity contribution in [2.75, 3.05) is 19.8 Å². The summed E-state index contributed by atoms with van der Waals surface area (Å²) >= 11 is 0. The lowest BCUT2D eigenvalue weighted by atomic mass is 10.0. The van der Waals surface area contributed by atoms with Gasteiger partial charge in [-0.3, -0.25) is 0 Å². The van der Waals surface area contributed by atoms with Crippen LogP contribution in [0.3, 0.4) is 0 Å². The summed E-state index contributed by atoms with van der Waals surface area (Å²) in [4.78, 5) is 0. The lowest BCUT2D eigenvalue weighted by Gasteiger charge is -2.10. The minimum absolute atomic E-state index is 0.730. The normalized spacial score (nSPS) is 11.2. The molecule has 0 saturated carbocycles. The summed E-state index contributed by atoms with van der Waals surface area (Å²) < 4.78 is 5.57. The van der Waals surface area contributed by atoms with Crippen LogP contribution in [0.25, 0.3) is 0 Å². The van der Waals surface area contributed by atoms with Crippen LogP contribution in [0.4, 0.5) is 0 Å². The Balaban J connectivity index is 2.13. The van der Waals surface area contributed by atoms with Crippen LogP contribution in [-0.4, -0.2) is 19.8 Å². The van der Waals surface area contributed by atoms with Crippen LogP contribution in [0.15, 0.2) is 18.2 Å².